The Balaban J connectivity index is 2.56. The van der Waals surface area contributed by atoms with Crippen LogP contribution in [0.3, 0.4) is 0 Å². The average molecular weight is 162 g/mol. The number of rotatable bonds is 0. The number of benzene rings is 1. The van der Waals surface area contributed by atoms with Crippen LogP contribution in [0.5, 0.6) is 0 Å². The van der Waals surface area contributed by atoms with Crippen LogP contribution < -0.4 is 5.32 Å². The van der Waals surface area contributed by atoms with Gasteiger partial charge in [-0.1, -0.05) is 17.3 Å². The summed E-state index contributed by atoms with van der Waals surface area (Å²) >= 11 is 0. The second kappa shape index (κ2) is 2.34. The van der Waals surface area contributed by atoms with Gasteiger partial charge in [-0.3, -0.25) is 4.79 Å². The highest BCUT2D eigenvalue weighted by Gasteiger charge is 2.25. The molecule has 0 spiro atoms. The Morgan fingerprint density at radius 1 is 1.33 bits per heavy atom. The number of fused-ring (bicyclic) bond motifs is 1. The van der Waals surface area contributed by atoms with Crippen molar-refractivity contribution in [2.75, 3.05) is 5.32 Å². The molecule has 1 aliphatic heterocycles. The van der Waals surface area contributed by atoms with E-state index in [1.807, 2.05) is 0 Å². The number of amidine groups is 1. The van der Waals surface area contributed by atoms with Gasteiger partial charge in [0.25, 0.3) is 0 Å². The third kappa shape index (κ3) is 0.780. The highest BCUT2D eigenvalue weighted by Crippen LogP contribution is 2.21. The van der Waals surface area contributed by atoms with Crippen molar-refractivity contribution in [1.82, 2.24) is 0 Å². The zero-order valence-corrected chi connectivity index (χ0v) is 6.11. The first-order valence-corrected chi connectivity index (χ1v) is 3.46. The second-order valence-corrected chi connectivity index (χ2v) is 2.45. The van der Waals surface area contributed by atoms with E-state index in [0.29, 0.717) is 11.3 Å². The van der Waals surface area contributed by atoms with E-state index in [-0.39, 0.29) is 11.6 Å². The topological polar surface area (TPSA) is 61.7 Å². The van der Waals surface area contributed by atoms with E-state index in [1.165, 1.54) is 0 Å². The molecule has 4 heteroatoms. The number of oxime groups is 1. The van der Waals surface area contributed by atoms with Crippen molar-refractivity contribution in [3.8, 4) is 0 Å². The molecule has 0 fully saturated rings. The van der Waals surface area contributed by atoms with Crippen LogP contribution in [0, 0.1) is 0 Å². The Bertz CT molecular complexity index is 371. The monoisotopic (exact) mass is 162 g/mol. The lowest BCUT2D eigenvalue weighted by Gasteiger charge is -1.92. The number of Topliss-reactive ketones (excluding diaryl/α,β-unsaturated/α-hetero) is 1. The predicted molar refractivity (Wildman–Crippen MR) is 43.6 cm³/mol. The highest BCUT2D eigenvalue weighted by molar-refractivity contribution is 6.53. The minimum Gasteiger partial charge on any atom is -0.409 e. The summed E-state index contributed by atoms with van der Waals surface area (Å²) in [7, 11) is 0. The summed E-state index contributed by atoms with van der Waals surface area (Å²) in [6, 6.07) is 7.01. The maximum absolute atomic E-state index is 11.3. The molecule has 1 aromatic carbocycles. The van der Waals surface area contributed by atoms with Gasteiger partial charge in [-0.15, -0.1) is 0 Å². The molecule has 0 aliphatic carbocycles. The molecule has 0 aromatic heterocycles. The number of nitrogens with zero attached hydrogens (tertiary/aromatic N) is 1. The van der Waals surface area contributed by atoms with E-state index in [2.05, 4.69) is 10.5 Å². The molecule has 1 heterocycles. The number of hydrogen-bond donors (Lipinski definition) is 2. The molecule has 0 atom stereocenters. The van der Waals surface area contributed by atoms with Crippen molar-refractivity contribution in [1.29, 1.82) is 0 Å². The Kier molecular flexibility index (Phi) is 1.33. The molecular formula is C8H6N2O2. The number of para-hydroxylation sites is 1. The Labute approximate surface area is 68.5 Å². The van der Waals surface area contributed by atoms with Gasteiger partial charge in [0, 0.05) is 5.56 Å². The zero-order chi connectivity index (χ0) is 8.55. The number of ketones is 1. The van der Waals surface area contributed by atoms with Crippen LogP contribution >= 0.6 is 0 Å². The smallest absolute Gasteiger partial charge is 0.233 e. The van der Waals surface area contributed by atoms with Gasteiger partial charge < -0.3 is 10.5 Å². The highest BCUT2D eigenvalue weighted by atomic mass is 16.4. The molecule has 0 amide bonds. The third-order valence-electron chi connectivity index (χ3n) is 1.74. The molecule has 0 unspecified atom stereocenters. The fourth-order valence-electron chi connectivity index (χ4n) is 1.17. The molecule has 0 radical (unpaired) electrons. The molecular weight excluding hydrogens is 156 g/mol. The van der Waals surface area contributed by atoms with Crippen molar-refractivity contribution in [2.24, 2.45) is 5.16 Å². The second-order valence-electron chi connectivity index (χ2n) is 2.45. The maximum Gasteiger partial charge on any atom is 0.233 e. The molecule has 0 saturated carbocycles. The lowest BCUT2D eigenvalue weighted by atomic mass is 10.1. The lowest BCUT2D eigenvalue weighted by molar-refractivity contribution is 0.106. The van der Waals surface area contributed by atoms with Gasteiger partial charge in [-0.25, -0.2) is 0 Å². The van der Waals surface area contributed by atoms with Gasteiger partial charge in [0.05, 0.1) is 5.69 Å². The van der Waals surface area contributed by atoms with Crippen molar-refractivity contribution in [3.05, 3.63) is 29.8 Å². The van der Waals surface area contributed by atoms with Gasteiger partial charge in [0.15, 0.2) is 0 Å². The molecule has 12 heavy (non-hydrogen) atoms. The maximum atomic E-state index is 11.3. The van der Waals surface area contributed by atoms with Gasteiger partial charge in [-0.2, -0.15) is 0 Å². The molecule has 0 saturated heterocycles. The largest absolute Gasteiger partial charge is 0.409 e. The van der Waals surface area contributed by atoms with Crippen LogP contribution in [0.25, 0.3) is 0 Å². The minimum atomic E-state index is -0.270. The van der Waals surface area contributed by atoms with Gasteiger partial charge in [0.1, 0.15) is 0 Å². The Hall–Kier alpha value is -1.84. The Morgan fingerprint density at radius 3 is 2.75 bits per heavy atom. The van der Waals surface area contributed by atoms with Crippen LogP contribution in [0.4, 0.5) is 5.69 Å². The standard InChI is InChI=1S/C8H6N2O2/c11-7-5-3-1-2-4-6(5)9-8(7)10-12/h1-4,12H,(H,9,10,11). The minimum absolute atomic E-state index is 0.0174. The fourth-order valence-corrected chi connectivity index (χ4v) is 1.17. The molecule has 2 N–H and O–H groups in total. The summed E-state index contributed by atoms with van der Waals surface area (Å²) in [6.07, 6.45) is 0. The molecule has 60 valence electrons. The summed E-state index contributed by atoms with van der Waals surface area (Å²) in [5.74, 6) is -0.288. The number of carbonyl (C=O) groups is 1. The lowest BCUT2D eigenvalue weighted by Crippen LogP contribution is -2.13. The van der Waals surface area contributed by atoms with Crippen LogP contribution in [-0.2, 0) is 0 Å². The first kappa shape index (κ1) is 6.84. The van der Waals surface area contributed by atoms with Gasteiger partial charge in [0.2, 0.25) is 11.6 Å². The molecule has 0 bridgehead atoms. The average Bonchev–Trinajstić information content (AvgIpc) is 2.44. The van der Waals surface area contributed by atoms with E-state index in [0.717, 1.165) is 0 Å². The van der Waals surface area contributed by atoms with E-state index in [4.69, 9.17) is 5.21 Å². The summed E-state index contributed by atoms with van der Waals surface area (Å²) in [4.78, 5) is 11.3. The van der Waals surface area contributed by atoms with Crippen molar-refractivity contribution >= 4 is 17.3 Å². The van der Waals surface area contributed by atoms with Crippen LogP contribution in [0.2, 0.25) is 0 Å². The van der Waals surface area contributed by atoms with Gasteiger partial charge in [-0.05, 0) is 12.1 Å². The molecule has 2 rings (SSSR count). The van der Waals surface area contributed by atoms with E-state index in [1.54, 1.807) is 24.3 Å². The molecule has 4 nitrogen and oxygen atoms in total. The van der Waals surface area contributed by atoms with Crippen molar-refractivity contribution < 1.29 is 10.0 Å². The van der Waals surface area contributed by atoms with E-state index in [9.17, 15) is 4.79 Å². The SMILES string of the molecule is O=C1/C(=N\O)Nc2ccccc21. The van der Waals surface area contributed by atoms with Crippen molar-refractivity contribution in [2.45, 2.75) is 0 Å². The number of anilines is 1. The first-order valence-electron chi connectivity index (χ1n) is 3.46. The third-order valence-corrected chi connectivity index (χ3v) is 1.74. The van der Waals surface area contributed by atoms with Gasteiger partial charge >= 0.3 is 0 Å². The quantitative estimate of drug-likeness (QED) is 0.443. The zero-order valence-electron chi connectivity index (χ0n) is 6.11. The van der Waals surface area contributed by atoms with Crippen LogP contribution in [0.15, 0.2) is 29.4 Å². The first-order chi connectivity index (χ1) is 5.83. The van der Waals surface area contributed by atoms with Crippen LogP contribution in [0.1, 0.15) is 10.4 Å². The molecule has 1 aliphatic rings. The number of hydrogen-bond acceptors (Lipinski definition) is 3. The number of nitrogens with one attached hydrogen (secondary N) is 1. The summed E-state index contributed by atoms with van der Waals surface area (Å²) in [5.41, 5.74) is 1.24. The van der Waals surface area contributed by atoms with Crippen LogP contribution in [-0.4, -0.2) is 16.8 Å². The van der Waals surface area contributed by atoms with Crippen molar-refractivity contribution in [3.63, 3.8) is 0 Å². The van der Waals surface area contributed by atoms with E-state index >= 15 is 0 Å². The predicted octanol–water partition coefficient (Wildman–Crippen LogP) is 1.08. The molecule has 1 aromatic rings. The summed E-state index contributed by atoms with van der Waals surface area (Å²) in [6.45, 7) is 0. The summed E-state index contributed by atoms with van der Waals surface area (Å²) in [5, 5.41) is 13.9. The van der Waals surface area contributed by atoms with E-state index < -0.39 is 0 Å². The fraction of sp³-hybridized carbons (Fsp3) is 0. The normalized spacial score (nSPS) is 17.7. The number of carbonyl (C=O) groups excluding carboxylic acids is 1. The summed E-state index contributed by atoms with van der Waals surface area (Å²) < 4.78 is 0. The Morgan fingerprint density at radius 2 is 2.08 bits per heavy atom.